The van der Waals surface area contributed by atoms with Gasteiger partial charge in [-0.15, -0.1) is 0 Å². The van der Waals surface area contributed by atoms with Crippen molar-refractivity contribution in [3.05, 3.63) is 76.3 Å². The van der Waals surface area contributed by atoms with Gasteiger partial charge >= 0.3 is 0 Å². The smallest absolute Gasteiger partial charge is 0.261 e. The molecular weight excluding hydrogens is 314 g/mol. The summed E-state index contributed by atoms with van der Waals surface area (Å²) in [4.78, 5) is 31.2. The quantitative estimate of drug-likeness (QED) is 0.740. The fourth-order valence-electron chi connectivity index (χ4n) is 3.27. The zero-order valence-corrected chi connectivity index (χ0v) is 13.9. The molecule has 1 aromatic heterocycles. The number of carbonyl (C=O) groups is 1. The third-order valence-electron chi connectivity index (χ3n) is 4.68. The molecule has 0 atom stereocenters. The highest BCUT2D eigenvalue weighted by molar-refractivity contribution is 5.94. The van der Waals surface area contributed by atoms with Gasteiger partial charge < -0.3 is 4.90 Å². The molecule has 126 valence electrons. The van der Waals surface area contributed by atoms with Gasteiger partial charge in [0.15, 0.2) is 0 Å². The third kappa shape index (κ3) is 3.05. The maximum Gasteiger partial charge on any atom is 0.261 e. The van der Waals surface area contributed by atoms with Gasteiger partial charge in [-0.25, -0.2) is 4.98 Å². The highest BCUT2D eigenvalue weighted by atomic mass is 16.2. The molecule has 0 N–H and O–H groups in total. The Bertz CT molecular complexity index is 970. The van der Waals surface area contributed by atoms with E-state index >= 15 is 0 Å². The van der Waals surface area contributed by atoms with Crippen LogP contribution in [0, 0.1) is 0 Å². The van der Waals surface area contributed by atoms with Crippen molar-refractivity contribution in [3.8, 4) is 0 Å². The first-order valence-electron chi connectivity index (χ1n) is 8.55. The lowest BCUT2D eigenvalue weighted by molar-refractivity contribution is 0.0793. The standard InChI is InChI=1S/C20H19N3O2/c24-19(22-11-3-4-12-22)16-9-7-15(8-10-16)13-23-14-21-18-6-2-1-5-17(18)20(23)25/h1-2,5-10,14H,3-4,11-13H2. The van der Waals surface area contributed by atoms with Crippen LogP contribution in [0.25, 0.3) is 10.9 Å². The molecule has 1 aliphatic rings. The first kappa shape index (κ1) is 15.6. The number of para-hydroxylation sites is 1. The topological polar surface area (TPSA) is 55.2 Å². The van der Waals surface area contributed by atoms with Crippen molar-refractivity contribution in [1.82, 2.24) is 14.5 Å². The maximum atomic E-state index is 12.5. The molecule has 1 saturated heterocycles. The number of hydrogen-bond acceptors (Lipinski definition) is 3. The SMILES string of the molecule is O=C(c1ccc(Cn2cnc3ccccc3c2=O)cc1)N1CCCC1. The monoisotopic (exact) mass is 333 g/mol. The van der Waals surface area contributed by atoms with Crippen molar-refractivity contribution in [2.45, 2.75) is 19.4 Å². The van der Waals surface area contributed by atoms with Crippen LogP contribution < -0.4 is 5.56 Å². The van der Waals surface area contributed by atoms with Crippen LogP contribution in [0.15, 0.2) is 59.7 Å². The van der Waals surface area contributed by atoms with Gasteiger partial charge in [0, 0.05) is 18.7 Å². The lowest BCUT2D eigenvalue weighted by atomic mass is 10.1. The van der Waals surface area contributed by atoms with Gasteiger partial charge in [0.05, 0.1) is 23.8 Å². The Morgan fingerprint density at radius 3 is 2.48 bits per heavy atom. The van der Waals surface area contributed by atoms with Gasteiger partial charge in [-0.2, -0.15) is 0 Å². The number of fused-ring (bicyclic) bond motifs is 1. The van der Waals surface area contributed by atoms with E-state index in [1.54, 1.807) is 17.0 Å². The van der Waals surface area contributed by atoms with E-state index in [0.29, 0.717) is 23.0 Å². The number of amides is 1. The molecule has 0 bridgehead atoms. The maximum absolute atomic E-state index is 12.5. The lowest BCUT2D eigenvalue weighted by Gasteiger charge is -2.15. The van der Waals surface area contributed by atoms with Gasteiger partial charge in [-0.3, -0.25) is 14.2 Å². The molecule has 1 aliphatic heterocycles. The molecule has 5 nitrogen and oxygen atoms in total. The van der Waals surface area contributed by atoms with E-state index in [1.807, 2.05) is 47.4 Å². The molecule has 1 amide bonds. The van der Waals surface area contributed by atoms with Crippen LogP contribution in [0.1, 0.15) is 28.8 Å². The predicted molar refractivity (Wildman–Crippen MR) is 96.7 cm³/mol. The fourth-order valence-corrected chi connectivity index (χ4v) is 3.27. The summed E-state index contributed by atoms with van der Waals surface area (Å²) in [7, 11) is 0. The fraction of sp³-hybridized carbons (Fsp3) is 0.250. The van der Waals surface area contributed by atoms with Gasteiger partial charge in [-0.05, 0) is 42.7 Å². The zero-order valence-electron chi connectivity index (χ0n) is 13.9. The summed E-state index contributed by atoms with van der Waals surface area (Å²) < 4.78 is 1.60. The zero-order chi connectivity index (χ0) is 17.2. The molecule has 0 radical (unpaired) electrons. The van der Waals surface area contributed by atoms with Crippen molar-refractivity contribution < 1.29 is 4.79 Å². The number of rotatable bonds is 3. The van der Waals surface area contributed by atoms with E-state index < -0.39 is 0 Å². The van der Waals surface area contributed by atoms with Gasteiger partial charge in [0.1, 0.15) is 0 Å². The van der Waals surface area contributed by atoms with Gasteiger partial charge in [-0.1, -0.05) is 24.3 Å². The Labute approximate surface area is 145 Å². The van der Waals surface area contributed by atoms with Crippen LogP contribution in [0.4, 0.5) is 0 Å². The Balaban J connectivity index is 1.56. The highest BCUT2D eigenvalue weighted by Crippen LogP contribution is 2.14. The summed E-state index contributed by atoms with van der Waals surface area (Å²) in [6.07, 6.45) is 3.75. The molecule has 4 rings (SSSR count). The number of benzene rings is 2. The van der Waals surface area contributed by atoms with Crippen LogP contribution in [-0.2, 0) is 6.54 Å². The van der Waals surface area contributed by atoms with Crippen LogP contribution in [0.2, 0.25) is 0 Å². The highest BCUT2D eigenvalue weighted by Gasteiger charge is 2.19. The Kier molecular flexibility index (Phi) is 4.06. The average molecular weight is 333 g/mol. The molecule has 5 heteroatoms. The first-order valence-corrected chi connectivity index (χ1v) is 8.55. The van der Waals surface area contributed by atoms with Crippen LogP contribution >= 0.6 is 0 Å². The molecule has 3 aromatic rings. The summed E-state index contributed by atoms with van der Waals surface area (Å²) in [5.41, 5.74) is 2.32. The van der Waals surface area contributed by atoms with E-state index in [9.17, 15) is 9.59 Å². The van der Waals surface area contributed by atoms with E-state index in [-0.39, 0.29) is 11.5 Å². The van der Waals surface area contributed by atoms with E-state index in [0.717, 1.165) is 31.5 Å². The van der Waals surface area contributed by atoms with Crippen LogP contribution in [0.5, 0.6) is 0 Å². The Morgan fingerprint density at radius 1 is 1.00 bits per heavy atom. The molecule has 0 spiro atoms. The number of nitrogens with zero attached hydrogens (tertiary/aromatic N) is 3. The molecule has 25 heavy (non-hydrogen) atoms. The minimum absolute atomic E-state index is 0.0529. The number of carbonyl (C=O) groups excluding carboxylic acids is 1. The van der Waals surface area contributed by atoms with E-state index in [4.69, 9.17) is 0 Å². The van der Waals surface area contributed by atoms with E-state index in [2.05, 4.69) is 4.98 Å². The summed E-state index contributed by atoms with van der Waals surface area (Å²) in [6.45, 7) is 2.13. The van der Waals surface area contributed by atoms with Crippen molar-refractivity contribution in [2.24, 2.45) is 0 Å². The Morgan fingerprint density at radius 2 is 1.72 bits per heavy atom. The molecule has 2 heterocycles. The largest absolute Gasteiger partial charge is 0.339 e. The molecule has 2 aromatic carbocycles. The van der Waals surface area contributed by atoms with E-state index in [1.165, 1.54) is 0 Å². The molecule has 0 aliphatic carbocycles. The predicted octanol–water partition coefficient (Wildman–Crippen LogP) is 2.68. The lowest BCUT2D eigenvalue weighted by Crippen LogP contribution is -2.27. The number of aromatic nitrogens is 2. The second-order valence-electron chi connectivity index (χ2n) is 6.39. The second kappa shape index (κ2) is 6.51. The number of likely N-dealkylation sites (tertiary alicyclic amines) is 1. The van der Waals surface area contributed by atoms with Gasteiger partial charge in [0.2, 0.25) is 0 Å². The summed E-state index contributed by atoms with van der Waals surface area (Å²) >= 11 is 0. The molecule has 0 saturated carbocycles. The second-order valence-corrected chi connectivity index (χ2v) is 6.39. The average Bonchev–Trinajstić information content (AvgIpc) is 3.19. The summed E-state index contributed by atoms with van der Waals surface area (Å²) in [6, 6.07) is 14.8. The van der Waals surface area contributed by atoms with Crippen LogP contribution in [-0.4, -0.2) is 33.4 Å². The molecule has 1 fully saturated rings. The van der Waals surface area contributed by atoms with Crippen molar-refractivity contribution in [2.75, 3.05) is 13.1 Å². The Hall–Kier alpha value is -2.95. The molecular formula is C20H19N3O2. The van der Waals surface area contributed by atoms with Crippen molar-refractivity contribution >= 4 is 16.8 Å². The van der Waals surface area contributed by atoms with Crippen molar-refractivity contribution in [3.63, 3.8) is 0 Å². The first-order chi connectivity index (χ1) is 12.2. The third-order valence-corrected chi connectivity index (χ3v) is 4.68. The minimum atomic E-state index is -0.0529. The van der Waals surface area contributed by atoms with Crippen molar-refractivity contribution in [1.29, 1.82) is 0 Å². The summed E-state index contributed by atoms with van der Waals surface area (Å²) in [5.74, 6) is 0.0913. The minimum Gasteiger partial charge on any atom is -0.339 e. The molecule has 0 unspecified atom stereocenters. The van der Waals surface area contributed by atoms with Crippen LogP contribution in [0.3, 0.4) is 0 Å². The number of hydrogen-bond donors (Lipinski definition) is 0. The summed E-state index contributed by atoms with van der Waals surface area (Å²) in [5, 5.41) is 0.617. The normalized spacial score (nSPS) is 14.2. The van der Waals surface area contributed by atoms with Gasteiger partial charge in [0.25, 0.3) is 11.5 Å².